The summed E-state index contributed by atoms with van der Waals surface area (Å²) >= 11 is 11.7. The van der Waals surface area contributed by atoms with Crippen molar-refractivity contribution in [2.75, 3.05) is 5.73 Å². The highest BCUT2D eigenvalue weighted by Gasteiger charge is 2.30. The molecular formula is C14H10Cl2F3NO. The van der Waals surface area contributed by atoms with E-state index in [0.29, 0.717) is 15.6 Å². The Morgan fingerprint density at radius 2 is 1.76 bits per heavy atom. The molecule has 0 atom stereocenters. The van der Waals surface area contributed by atoms with Gasteiger partial charge in [-0.3, -0.25) is 0 Å². The van der Waals surface area contributed by atoms with Crippen molar-refractivity contribution < 1.29 is 17.9 Å². The van der Waals surface area contributed by atoms with Crippen molar-refractivity contribution in [2.24, 2.45) is 0 Å². The van der Waals surface area contributed by atoms with Crippen molar-refractivity contribution in [1.29, 1.82) is 0 Å². The number of anilines is 1. The molecule has 0 bridgehead atoms. The lowest BCUT2D eigenvalue weighted by Crippen LogP contribution is -2.06. The molecule has 0 saturated heterocycles. The van der Waals surface area contributed by atoms with Crippen LogP contribution in [0.5, 0.6) is 5.75 Å². The van der Waals surface area contributed by atoms with E-state index in [1.165, 1.54) is 6.07 Å². The van der Waals surface area contributed by atoms with Gasteiger partial charge in [-0.15, -0.1) is 0 Å². The predicted molar refractivity (Wildman–Crippen MR) is 76.7 cm³/mol. The summed E-state index contributed by atoms with van der Waals surface area (Å²) in [5, 5.41) is 0.894. The van der Waals surface area contributed by atoms with Gasteiger partial charge in [-0.2, -0.15) is 13.2 Å². The molecule has 112 valence electrons. The van der Waals surface area contributed by atoms with Crippen LogP contribution >= 0.6 is 23.2 Å². The van der Waals surface area contributed by atoms with E-state index < -0.39 is 11.7 Å². The van der Waals surface area contributed by atoms with E-state index in [-0.39, 0.29) is 18.0 Å². The normalized spacial score (nSPS) is 11.5. The maximum absolute atomic E-state index is 12.5. The van der Waals surface area contributed by atoms with Crippen LogP contribution in [0.25, 0.3) is 0 Å². The quantitative estimate of drug-likeness (QED) is 0.785. The van der Waals surface area contributed by atoms with Crippen molar-refractivity contribution in [2.45, 2.75) is 12.8 Å². The van der Waals surface area contributed by atoms with E-state index in [9.17, 15) is 13.2 Å². The average molecular weight is 336 g/mol. The molecule has 0 heterocycles. The summed E-state index contributed by atoms with van der Waals surface area (Å²) in [6.45, 7) is 0.0750. The van der Waals surface area contributed by atoms with Gasteiger partial charge in [0.2, 0.25) is 0 Å². The third-order valence-corrected chi connectivity index (χ3v) is 3.32. The molecule has 2 aromatic carbocycles. The van der Waals surface area contributed by atoms with Crippen LogP contribution in [0.1, 0.15) is 11.1 Å². The SMILES string of the molecule is Nc1cc(C(F)(F)F)ccc1OCc1ccc(Cl)cc1Cl. The van der Waals surface area contributed by atoms with Gasteiger partial charge in [-0.05, 0) is 30.3 Å². The van der Waals surface area contributed by atoms with Crippen LogP contribution in [0.2, 0.25) is 10.0 Å². The number of nitrogens with two attached hydrogens (primary N) is 1. The third kappa shape index (κ3) is 3.95. The fourth-order valence-electron chi connectivity index (χ4n) is 1.65. The molecular weight excluding hydrogens is 326 g/mol. The van der Waals surface area contributed by atoms with E-state index in [4.69, 9.17) is 33.7 Å². The first-order valence-corrected chi connectivity index (χ1v) is 6.56. The molecule has 0 aliphatic carbocycles. The van der Waals surface area contributed by atoms with Gasteiger partial charge in [-0.25, -0.2) is 0 Å². The Bertz CT molecular complexity index is 659. The number of alkyl halides is 3. The monoisotopic (exact) mass is 335 g/mol. The molecule has 0 aromatic heterocycles. The molecule has 7 heteroatoms. The van der Waals surface area contributed by atoms with Crippen LogP contribution in [0.3, 0.4) is 0 Å². The minimum absolute atomic E-state index is 0.0750. The Kier molecular flexibility index (Phi) is 4.54. The van der Waals surface area contributed by atoms with Crippen LogP contribution in [0.15, 0.2) is 36.4 Å². The summed E-state index contributed by atoms with van der Waals surface area (Å²) in [4.78, 5) is 0. The van der Waals surface area contributed by atoms with Gasteiger partial charge >= 0.3 is 6.18 Å². The lowest BCUT2D eigenvalue weighted by Gasteiger charge is -2.12. The molecule has 2 nitrogen and oxygen atoms in total. The zero-order chi connectivity index (χ0) is 15.6. The van der Waals surface area contributed by atoms with Gasteiger partial charge < -0.3 is 10.5 Å². The van der Waals surface area contributed by atoms with Gasteiger partial charge in [0.1, 0.15) is 12.4 Å². The predicted octanol–water partition coefficient (Wildman–Crippen LogP) is 5.17. The molecule has 0 spiro atoms. The van der Waals surface area contributed by atoms with E-state index in [1.807, 2.05) is 0 Å². The van der Waals surface area contributed by atoms with E-state index in [2.05, 4.69) is 0 Å². The molecule has 0 fully saturated rings. The van der Waals surface area contributed by atoms with E-state index >= 15 is 0 Å². The summed E-state index contributed by atoms with van der Waals surface area (Å²) in [7, 11) is 0. The van der Waals surface area contributed by atoms with Gasteiger partial charge in [0.05, 0.1) is 11.3 Å². The Morgan fingerprint density at radius 1 is 1.05 bits per heavy atom. The van der Waals surface area contributed by atoms with Crippen LogP contribution in [0, 0.1) is 0 Å². The Hall–Kier alpha value is -1.59. The molecule has 21 heavy (non-hydrogen) atoms. The number of ether oxygens (including phenoxy) is 1. The third-order valence-electron chi connectivity index (χ3n) is 2.74. The number of hydrogen-bond acceptors (Lipinski definition) is 2. The highest BCUT2D eigenvalue weighted by Crippen LogP contribution is 2.34. The highest BCUT2D eigenvalue weighted by atomic mass is 35.5. The Labute approximate surface area is 129 Å². The molecule has 0 amide bonds. The van der Waals surface area contributed by atoms with Crippen molar-refractivity contribution in [3.05, 3.63) is 57.6 Å². The highest BCUT2D eigenvalue weighted by molar-refractivity contribution is 6.35. The van der Waals surface area contributed by atoms with Gasteiger partial charge in [-0.1, -0.05) is 29.3 Å². The maximum atomic E-state index is 12.5. The number of nitrogen functional groups attached to an aromatic ring is 1. The number of halogens is 5. The first kappa shape index (κ1) is 15.8. The summed E-state index contributed by atoms with van der Waals surface area (Å²) < 4.78 is 42.9. The lowest BCUT2D eigenvalue weighted by atomic mass is 10.2. The minimum atomic E-state index is -4.44. The zero-order valence-corrected chi connectivity index (χ0v) is 12.1. The second-order valence-corrected chi connectivity index (χ2v) is 5.12. The average Bonchev–Trinajstić information content (AvgIpc) is 2.38. The van der Waals surface area contributed by atoms with Gasteiger partial charge in [0.15, 0.2) is 0 Å². The number of hydrogen-bond donors (Lipinski definition) is 1. The van der Waals surface area contributed by atoms with Crippen LogP contribution in [-0.2, 0) is 12.8 Å². The molecule has 0 saturated carbocycles. The van der Waals surface area contributed by atoms with Gasteiger partial charge in [0, 0.05) is 15.6 Å². The standard InChI is InChI=1S/C14H10Cl2F3NO/c15-10-3-1-8(11(16)6-10)7-21-13-4-2-9(5-12(13)20)14(17,18)19/h1-6H,7,20H2. The summed E-state index contributed by atoms with van der Waals surface area (Å²) in [6.07, 6.45) is -4.44. The van der Waals surface area contributed by atoms with Gasteiger partial charge in [0.25, 0.3) is 0 Å². The maximum Gasteiger partial charge on any atom is 0.416 e. The first-order chi connectivity index (χ1) is 9.77. The Balaban J connectivity index is 2.13. The van der Waals surface area contributed by atoms with Crippen LogP contribution < -0.4 is 10.5 Å². The number of benzene rings is 2. The fraction of sp³-hybridized carbons (Fsp3) is 0.143. The van der Waals surface area contributed by atoms with Crippen LogP contribution in [0.4, 0.5) is 18.9 Å². The molecule has 2 aromatic rings. The van der Waals surface area contributed by atoms with E-state index in [1.54, 1.807) is 18.2 Å². The zero-order valence-electron chi connectivity index (χ0n) is 10.5. The molecule has 0 aliphatic rings. The molecule has 2 N–H and O–H groups in total. The van der Waals surface area contributed by atoms with Crippen LogP contribution in [-0.4, -0.2) is 0 Å². The largest absolute Gasteiger partial charge is 0.487 e. The van der Waals surface area contributed by atoms with Crippen molar-refractivity contribution in [3.63, 3.8) is 0 Å². The molecule has 2 rings (SSSR count). The second kappa shape index (κ2) is 6.03. The lowest BCUT2D eigenvalue weighted by molar-refractivity contribution is -0.137. The number of rotatable bonds is 3. The van der Waals surface area contributed by atoms with Crippen molar-refractivity contribution >= 4 is 28.9 Å². The summed E-state index contributed by atoms with van der Waals surface area (Å²) in [5.41, 5.74) is 5.31. The second-order valence-electron chi connectivity index (χ2n) is 4.27. The van der Waals surface area contributed by atoms with Crippen molar-refractivity contribution in [3.8, 4) is 5.75 Å². The summed E-state index contributed by atoms with van der Waals surface area (Å²) in [6, 6.07) is 7.79. The fourth-order valence-corrected chi connectivity index (χ4v) is 2.11. The summed E-state index contributed by atoms with van der Waals surface area (Å²) in [5.74, 6) is 0.161. The molecule has 0 radical (unpaired) electrons. The minimum Gasteiger partial charge on any atom is -0.487 e. The topological polar surface area (TPSA) is 35.2 Å². The van der Waals surface area contributed by atoms with Crippen molar-refractivity contribution in [1.82, 2.24) is 0 Å². The Morgan fingerprint density at radius 3 is 2.33 bits per heavy atom. The van der Waals surface area contributed by atoms with E-state index in [0.717, 1.165) is 12.1 Å². The molecule has 0 aliphatic heterocycles. The first-order valence-electron chi connectivity index (χ1n) is 5.81. The molecule has 0 unspecified atom stereocenters. The smallest absolute Gasteiger partial charge is 0.416 e.